The quantitative estimate of drug-likeness (QED) is 0.766. The van der Waals surface area contributed by atoms with Gasteiger partial charge in [-0.1, -0.05) is 0 Å². The van der Waals surface area contributed by atoms with Gasteiger partial charge in [0, 0.05) is 26.8 Å². The van der Waals surface area contributed by atoms with Crippen LogP contribution in [-0.4, -0.2) is 48.0 Å². The zero-order valence-corrected chi connectivity index (χ0v) is 12.3. The maximum absolute atomic E-state index is 12.4. The fourth-order valence-electron chi connectivity index (χ4n) is 2.41. The highest BCUT2D eigenvalue weighted by Gasteiger charge is 2.32. The van der Waals surface area contributed by atoms with Crippen LogP contribution < -0.4 is 5.73 Å². The van der Waals surface area contributed by atoms with E-state index in [4.69, 9.17) is 5.73 Å². The molecule has 0 spiro atoms. The number of aryl methyl sites for hydroxylation is 1. The molecule has 20 heavy (non-hydrogen) atoms. The lowest BCUT2D eigenvalue weighted by Crippen LogP contribution is -2.39. The first-order chi connectivity index (χ1) is 9.21. The number of hydrogen-bond acceptors (Lipinski definition) is 4. The van der Waals surface area contributed by atoms with Crippen molar-refractivity contribution in [1.29, 1.82) is 0 Å². The van der Waals surface area contributed by atoms with Crippen LogP contribution in [0, 0.1) is 5.92 Å². The standard InChI is InChI=1S/C12H19N3O4S/c1-14-7-10(5-11(14)12(13)17)20(18,19)15(2)6-8-3-9(16)4-8/h5,7-9,16H,3-4,6H2,1-2H3,(H2,13,17). The van der Waals surface area contributed by atoms with Gasteiger partial charge >= 0.3 is 0 Å². The predicted octanol–water partition coefficient (Wildman–Crippen LogP) is -0.485. The van der Waals surface area contributed by atoms with Crippen LogP contribution in [0.2, 0.25) is 0 Å². The summed E-state index contributed by atoms with van der Waals surface area (Å²) >= 11 is 0. The summed E-state index contributed by atoms with van der Waals surface area (Å²) in [6.45, 7) is 0.361. The Morgan fingerprint density at radius 2 is 2.15 bits per heavy atom. The number of nitrogens with zero attached hydrogens (tertiary/aromatic N) is 2. The van der Waals surface area contributed by atoms with Crippen LogP contribution in [0.4, 0.5) is 0 Å². The molecule has 1 heterocycles. The minimum atomic E-state index is -3.64. The Bertz CT molecular complexity index is 617. The Morgan fingerprint density at radius 3 is 2.60 bits per heavy atom. The Kier molecular flexibility index (Phi) is 3.90. The van der Waals surface area contributed by atoms with Crippen LogP contribution in [-0.2, 0) is 17.1 Å². The third-order valence-corrected chi connectivity index (χ3v) is 5.46. The lowest BCUT2D eigenvalue weighted by Gasteiger charge is -2.33. The fraction of sp³-hybridized carbons (Fsp3) is 0.583. The topological polar surface area (TPSA) is 106 Å². The normalized spacial score (nSPS) is 22.8. The highest BCUT2D eigenvalue weighted by atomic mass is 32.2. The van der Waals surface area contributed by atoms with Crippen LogP contribution in [0.3, 0.4) is 0 Å². The molecular weight excluding hydrogens is 282 g/mol. The average molecular weight is 301 g/mol. The molecule has 0 aliphatic heterocycles. The van der Waals surface area contributed by atoms with E-state index in [1.165, 1.54) is 28.2 Å². The molecule has 1 aliphatic rings. The van der Waals surface area contributed by atoms with Gasteiger partial charge in [0.2, 0.25) is 10.0 Å². The molecule has 0 atom stereocenters. The van der Waals surface area contributed by atoms with E-state index in [1.807, 2.05) is 0 Å². The van der Waals surface area contributed by atoms with Gasteiger partial charge in [-0.05, 0) is 24.8 Å². The monoisotopic (exact) mass is 301 g/mol. The number of amides is 1. The predicted molar refractivity (Wildman–Crippen MR) is 72.5 cm³/mol. The average Bonchev–Trinajstić information content (AvgIpc) is 2.69. The highest BCUT2D eigenvalue weighted by Crippen LogP contribution is 2.29. The van der Waals surface area contributed by atoms with Crippen molar-refractivity contribution in [3.63, 3.8) is 0 Å². The zero-order chi connectivity index (χ0) is 15.1. The number of carbonyl (C=O) groups excluding carboxylic acids is 1. The van der Waals surface area contributed by atoms with Crippen molar-refractivity contribution >= 4 is 15.9 Å². The first-order valence-corrected chi connectivity index (χ1v) is 7.76. The van der Waals surface area contributed by atoms with Gasteiger partial charge in [0.1, 0.15) is 10.6 Å². The molecule has 1 amide bonds. The van der Waals surface area contributed by atoms with E-state index in [1.54, 1.807) is 7.05 Å². The molecule has 1 saturated carbocycles. The number of rotatable bonds is 5. The number of nitrogens with two attached hydrogens (primary N) is 1. The van der Waals surface area contributed by atoms with Gasteiger partial charge in [0.25, 0.3) is 5.91 Å². The Hall–Kier alpha value is -1.38. The van der Waals surface area contributed by atoms with Crippen LogP contribution in [0.15, 0.2) is 17.2 Å². The number of primary amides is 1. The molecule has 0 aromatic carbocycles. The van der Waals surface area contributed by atoms with E-state index in [9.17, 15) is 18.3 Å². The van der Waals surface area contributed by atoms with Gasteiger partial charge in [0.15, 0.2) is 0 Å². The maximum atomic E-state index is 12.4. The number of aliphatic hydroxyl groups excluding tert-OH is 1. The Morgan fingerprint density at radius 1 is 1.55 bits per heavy atom. The smallest absolute Gasteiger partial charge is 0.265 e. The van der Waals surface area contributed by atoms with Crippen molar-refractivity contribution in [1.82, 2.24) is 8.87 Å². The summed E-state index contributed by atoms with van der Waals surface area (Å²) in [6, 6.07) is 1.28. The molecule has 1 fully saturated rings. The molecule has 1 aromatic heterocycles. The number of aromatic nitrogens is 1. The molecule has 0 unspecified atom stereocenters. The van der Waals surface area contributed by atoms with E-state index in [2.05, 4.69) is 0 Å². The number of sulfonamides is 1. The summed E-state index contributed by atoms with van der Waals surface area (Å²) in [5.41, 5.74) is 5.33. The van der Waals surface area contributed by atoms with E-state index >= 15 is 0 Å². The molecule has 8 heteroatoms. The van der Waals surface area contributed by atoms with E-state index in [-0.39, 0.29) is 22.6 Å². The first kappa shape index (κ1) is 15.0. The Balaban J connectivity index is 2.17. The summed E-state index contributed by atoms with van der Waals surface area (Å²) in [5, 5.41) is 9.23. The minimum absolute atomic E-state index is 0.0520. The van der Waals surface area contributed by atoms with Gasteiger partial charge < -0.3 is 15.4 Å². The Labute approximate surface area is 118 Å². The fourth-order valence-corrected chi connectivity index (χ4v) is 3.73. The van der Waals surface area contributed by atoms with Crippen LogP contribution >= 0.6 is 0 Å². The molecule has 3 N–H and O–H groups in total. The van der Waals surface area contributed by atoms with Gasteiger partial charge in [0.05, 0.1) is 6.10 Å². The second-order valence-electron chi connectivity index (χ2n) is 5.31. The van der Waals surface area contributed by atoms with Crippen molar-refractivity contribution in [2.75, 3.05) is 13.6 Å². The van der Waals surface area contributed by atoms with Crippen LogP contribution in [0.25, 0.3) is 0 Å². The summed E-state index contributed by atoms with van der Waals surface area (Å²) in [4.78, 5) is 11.2. The minimum Gasteiger partial charge on any atom is -0.393 e. The maximum Gasteiger partial charge on any atom is 0.265 e. The first-order valence-electron chi connectivity index (χ1n) is 6.32. The van der Waals surface area contributed by atoms with Gasteiger partial charge in [-0.25, -0.2) is 12.7 Å². The molecule has 0 bridgehead atoms. The lowest BCUT2D eigenvalue weighted by atomic mass is 9.82. The molecule has 0 saturated heterocycles. The third kappa shape index (κ3) is 2.72. The number of carbonyl (C=O) groups is 1. The van der Waals surface area contributed by atoms with Gasteiger partial charge in [-0.15, -0.1) is 0 Å². The number of hydrogen-bond donors (Lipinski definition) is 2. The van der Waals surface area contributed by atoms with Crippen molar-refractivity contribution in [3.05, 3.63) is 18.0 Å². The second kappa shape index (κ2) is 5.19. The number of aliphatic hydroxyl groups is 1. The zero-order valence-electron chi connectivity index (χ0n) is 11.5. The summed E-state index contributed by atoms with van der Waals surface area (Å²) in [5.74, 6) is -0.484. The summed E-state index contributed by atoms with van der Waals surface area (Å²) in [6.07, 6.45) is 2.32. The highest BCUT2D eigenvalue weighted by molar-refractivity contribution is 7.89. The van der Waals surface area contributed by atoms with Crippen molar-refractivity contribution < 1.29 is 18.3 Å². The molecular formula is C12H19N3O4S. The van der Waals surface area contributed by atoms with Crippen LogP contribution in [0.5, 0.6) is 0 Å². The summed E-state index contributed by atoms with van der Waals surface area (Å²) in [7, 11) is -0.572. The molecule has 7 nitrogen and oxygen atoms in total. The molecule has 2 rings (SSSR count). The van der Waals surface area contributed by atoms with Gasteiger partial charge in [-0.3, -0.25) is 4.79 Å². The van der Waals surface area contributed by atoms with Crippen molar-refractivity contribution in [2.45, 2.75) is 23.8 Å². The van der Waals surface area contributed by atoms with Crippen molar-refractivity contribution in [2.24, 2.45) is 18.7 Å². The largest absolute Gasteiger partial charge is 0.393 e. The SMILES string of the molecule is CN(CC1CC(O)C1)S(=O)(=O)c1cc(C(N)=O)n(C)c1. The molecule has 1 aliphatic carbocycles. The molecule has 0 radical (unpaired) electrons. The van der Waals surface area contributed by atoms with E-state index < -0.39 is 15.9 Å². The lowest BCUT2D eigenvalue weighted by molar-refractivity contribution is 0.0367. The van der Waals surface area contributed by atoms with Gasteiger partial charge in [-0.2, -0.15) is 0 Å². The summed E-state index contributed by atoms with van der Waals surface area (Å²) < 4.78 is 27.4. The third-order valence-electron chi connectivity index (χ3n) is 3.67. The second-order valence-corrected chi connectivity index (χ2v) is 7.36. The van der Waals surface area contributed by atoms with Crippen molar-refractivity contribution in [3.8, 4) is 0 Å². The van der Waals surface area contributed by atoms with E-state index in [0.717, 1.165) is 0 Å². The molecule has 1 aromatic rings. The van der Waals surface area contributed by atoms with Crippen LogP contribution in [0.1, 0.15) is 23.3 Å². The van der Waals surface area contributed by atoms with E-state index in [0.29, 0.717) is 19.4 Å². The molecule has 112 valence electrons.